The molecule has 0 aromatic heterocycles. The number of hydrogen-bond donors (Lipinski definition) is 1. The Balaban J connectivity index is 0.00000288. The van der Waals surface area contributed by atoms with Crippen molar-refractivity contribution in [3.63, 3.8) is 0 Å². The van der Waals surface area contributed by atoms with Crippen LogP contribution in [0.1, 0.15) is 13.3 Å². The van der Waals surface area contributed by atoms with Crippen LogP contribution in [0, 0.1) is 5.92 Å². The number of guanidine groups is 1. The minimum atomic E-state index is 0. The molecule has 2 rings (SSSR count). The van der Waals surface area contributed by atoms with Crippen LogP contribution in [0.4, 0.5) is 0 Å². The van der Waals surface area contributed by atoms with Gasteiger partial charge in [0, 0.05) is 26.7 Å². The number of ether oxygens (including phenoxy) is 1. The normalized spacial score (nSPS) is 18.1. The lowest BCUT2D eigenvalue weighted by Crippen LogP contribution is -2.41. The van der Waals surface area contributed by atoms with Crippen LogP contribution >= 0.6 is 24.0 Å². The van der Waals surface area contributed by atoms with Crippen molar-refractivity contribution in [2.75, 3.05) is 53.4 Å². The summed E-state index contributed by atoms with van der Waals surface area (Å²) in [6.07, 6.45) is 1.25. The van der Waals surface area contributed by atoms with Gasteiger partial charge < -0.3 is 19.9 Å². The van der Waals surface area contributed by atoms with Gasteiger partial charge in [-0.2, -0.15) is 0 Å². The van der Waals surface area contributed by atoms with Gasteiger partial charge in [0.15, 0.2) is 5.96 Å². The van der Waals surface area contributed by atoms with Crippen LogP contribution in [0.25, 0.3) is 0 Å². The SMILES string of the molecule is CCNC(=NCC1CCN(C)C1)N(C)CCOc1ccccc1.I. The first-order chi connectivity index (χ1) is 11.2. The number of para-hydroxylation sites is 1. The molecule has 0 aliphatic carbocycles. The van der Waals surface area contributed by atoms with Crippen LogP contribution in [-0.2, 0) is 0 Å². The van der Waals surface area contributed by atoms with Crippen molar-refractivity contribution in [3.8, 4) is 5.75 Å². The molecule has 24 heavy (non-hydrogen) atoms. The molecule has 1 aliphatic heterocycles. The van der Waals surface area contributed by atoms with Gasteiger partial charge in [-0.25, -0.2) is 0 Å². The fraction of sp³-hybridized carbons (Fsp3) is 0.611. The molecule has 0 bridgehead atoms. The number of halogens is 1. The molecular weight excluding hydrogens is 415 g/mol. The van der Waals surface area contributed by atoms with Crippen molar-refractivity contribution in [2.24, 2.45) is 10.9 Å². The average Bonchev–Trinajstić information content (AvgIpc) is 2.98. The van der Waals surface area contributed by atoms with Crippen LogP contribution in [-0.4, -0.2) is 69.2 Å². The number of benzene rings is 1. The summed E-state index contributed by atoms with van der Waals surface area (Å²) in [4.78, 5) is 9.33. The van der Waals surface area contributed by atoms with Gasteiger partial charge in [0.25, 0.3) is 0 Å². The van der Waals surface area contributed by atoms with E-state index in [1.54, 1.807) is 0 Å². The molecule has 1 heterocycles. The second kappa shape index (κ2) is 11.5. The van der Waals surface area contributed by atoms with Gasteiger partial charge in [-0.1, -0.05) is 18.2 Å². The summed E-state index contributed by atoms with van der Waals surface area (Å²) in [5.41, 5.74) is 0. The lowest BCUT2D eigenvalue weighted by atomic mass is 10.1. The summed E-state index contributed by atoms with van der Waals surface area (Å²) < 4.78 is 5.77. The van der Waals surface area contributed by atoms with E-state index in [-0.39, 0.29) is 24.0 Å². The highest BCUT2D eigenvalue weighted by Crippen LogP contribution is 2.14. The topological polar surface area (TPSA) is 40.1 Å². The lowest BCUT2D eigenvalue weighted by Gasteiger charge is -2.22. The molecule has 1 aromatic rings. The Morgan fingerprint density at radius 2 is 2.12 bits per heavy atom. The lowest BCUT2D eigenvalue weighted by molar-refractivity contribution is 0.281. The third kappa shape index (κ3) is 7.25. The molecule has 136 valence electrons. The first-order valence-corrected chi connectivity index (χ1v) is 8.55. The first kappa shape index (κ1) is 21.0. The van der Waals surface area contributed by atoms with E-state index in [1.165, 1.54) is 13.0 Å². The minimum absolute atomic E-state index is 0. The van der Waals surface area contributed by atoms with Gasteiger partial charge >= 0.3 is 0 Å². The van der Waals surface area contributed by atoms with Gasteiger partial charge in [-0.15, -0.1) is 24.0 Å². The van der Waals surface area contributed by atoms with Gasteiger partial charge in [-0.3, -0.25) is 4.99 Å². The van der Waals surface area contributed by atoms with Crippen LogP contribution in [0.3, 0.4) is 0 Å². The zero-order valence-electron chi connectivity index (χ0n) is 15.1. The van der Waals surface area contributed by atoms with E-state index in [4.69, 9.17) is 9.73 Å². The second-order valence-corrected chi connectivity index (χ2v) is 6.19. The molecular formula is C18H31IN4O. The third-order valence-corrected chi connectivity index (χ3v) is 4.12. The number of hydrogen-bond acceptors (Lipinski definition) is 3. The summed E-state index contributed by atoms with van der Waals surface area (Å²) in [5, 5.41) is 3.37. The van der Waals surface area contributed by atoms with E-state index in [0.29, 0.717) is 12.5 Å². The van der Waals surface area contributed by atoms with Crippen LogP contribution in [0.2, 0.25) is 0 Å². The molecule has 0 radical (unpaired) electrons. The van der Waals surface area contributed by atoms with E-state index in [9.17, 15) is 0 Å². The summed E-state index contributed by atoms with van der Waals surface area (Å²) in [7, 11) is 4.25. The van der Waals surface area contributed by atoms with Crippen molar-refractivity contribution in [3.05, 3.63) is 30.3 Å². The molecule has 0 spiro atoms. The number of rotatable bonds is 7. The van der Waals surface area contributed by atoms with Crippen LogP contribution < -0.4 is 10.1 Å². The van der Waals surface area contributed by atoms with Gasteiger partial charge in [0.1, 0.15) is 12.4 Å². The summed E-state index contributed by atoms with van der Waals surface area (Å²) in [6.45, 7) is 7.70. The number of likely N-dealkylation sites (tertiary alicyclic amines) is 1. The van der Waals surface area contributed by atoms with E-state index >= 15 is 0 Å². The van der Waals surface area contributed by atoms with E-state index in [0.717, 1.165) is 37.9 Å². The minimum Gasteiger partial charge on any atom is -0.492 e. The fourth-order valence-corrected chi connectivity index (χ4v) is 2.78. The zero-order valence-corrected chi connectivity index (χ0v) is 17.4. The van der Waals surface area contributed by atoms with Crippen LogP contribution in [0.5, 0.6) is 5.75 Å². The van der Waals surface area contributed by atoms with E-state index < -0.39 is 0 Å². The van der Waals surface area contributed by atoms with Gasteiger partial charge in [0.05, 0.1) is 6.54 Å². The Hall–Kier alpha value is -1.02. The first-order valence-electron chi connectivity index (χ1n) is 8.55. The monoisotopic (exact) mass is 446 g/mol. The van der Waals surface area contributed by atoms with Crippen molar-refractivity contribution in [1.82, 2.24) is 15.1 Å². The number of aliphatic imine (C=N–C) groups is 1. The highest BCUT2D eigenvalue weighted by molar-refractivity contribution is 14.0. The predicted molar refractivity (Wildman–Crippen MR) is 112 cm³/mol. The van der Waals surface area contributed by atoms with Crippen molar-refractivity contribution < 1.29 is 4.74 Å². The van der Waals surface area contributed by atoms with Crippen molar-refractivity contribution in [2.45, 2.75) is 13.3 Å². The molecule has 0 amide bonds. The maximum atomic E-state index is 5.77. The maximum Gasteiger partial charge on any atom is 0.193 e. The smallest absolute Gasteiger partial charge is 0.193 e. The standard InChI is InChI=1S/C18H30N4O.HI/c1-4-19-18(20-14-16-10-11-21(2)15-16)22(3)12-13-23-17-8-6-5-7-9-17;/h5-9,16H,4,10-15H2,1-3H3,(H,19,20);1H. The van der Waals surface area contributed by atoms with Crippen molar-refractivity contribution in [1.29, 1.82) is 0 Å². The average molecular weight is 446 g/mol. The van der Waals surface area contributed by atoms with Crippen LogP contribution in [0.15, 0.2) is 35.3 Å². The summed E-state index contributed by atoms with van der Waals surface area (Å²) >= 11 is 0. The Morgan fingerprint density at radius 1 is 1.38 bits per heavy atom. The van der Waals surface area contributed by atoms with E-state index in [2.05, 4.69) is 36.1 Å². The summed E-state index contributed by atoms with van der Waals surface area (Å²) in [6, 6.07) is 9.94. The number of nitrogens with one attached hydrogen (secondary N) is 1. The van der Waals surface area contributed by atoms with Gasteiger partial charge in [0.2, 0.25) is 0 Å². The molecule has 1 atom stereocenters. The third-order valence-electron chi connectivity index (χ3n) is 4.12. The molecule has 1 fully saturated rings. The molecule has 6 heteroatoms. The van der Waals surface area contributed by atoms with Crippen molar-refractivity contribution >= 4 is 29.9 Å². The number of likely N-dealkylation sites (N-methyl/N-ethyl adjacent to an activating group) is 1. The number of nitrogens with zero attached hydrogens (tertiary/aromatic N) is 3. The Labute approximate surface area is 163 Å². The predicted octanol–water partition coefficient (Wildman–Crippen LogP) is 2.53. The molecule has 1 unspecified atom stereocenters. The fourth-order valence-electron chi connectivity index (χ4n) is 2.78. The molecule has 1 aromatic carbocycles. The molecule has 1 saturated heterocycles. The molecule has 5 nitrogen and oxygen atoms in total. The maximum absolute atomic E-state index is 5.77. The highest BCUT2D eigenvalue weighted by Gasteiger charge is 2.19. The Bertz CT molecular complexity index is 483. The quantitative estimate of drug-likeness (QED) is 0.397. The van der Waals surface area contributed by atoms with Gasteiger partial charge in [-0.05, 0) is 45.0 Å². The second-order valence-electron chi connectivity index (χ2n) is 6.19. The molecule has 1 aliphatic rings. The molecule has 0 saturated carbocycles. The molecule has 1 N–H and O–H groups in total. The Morgan fingerprint density at radius 3 is 2.75 bits per heavy atom. The Kier molecular flexibility index (Phi) is 10.1. The zero-order chi connectivity index (χ0) is 16.5. The largest absolute Gasteiger partial charge is 0.492 e. The van der Waals surface area contributed by atoms with E-state index in [1.807, 2.05) is 30.3 Å². The highest BCUT2D eigenvalue weighted by atomic mass is 127. The summed E-state index contributed by atoms with van der Waals surface area (Å²) in [5.74, 6) is 2.57.